The van der Waals surface area contributed by atoms with E-state index in [4.69, 9.17) is 37.0 Å². The lowest BCUT2D eigenvalue weighted by atomic mass is 9.99. The van der Waals surface area contributed by atoms with E-state index in [9.17, 15) is 43.2 Å². The molecular weight excluding hydrogens is 1410 g/mol. The molecule has 0 aliphatic heterocycles. The van der Waals surface area contributed by atoms with Crippen molar-refractivity contribution in [1.29, 1.82) is 0 Å². The van der Waals surface area contributed by atoms with Crippen LogP contribution in [0.25, 0.3) is 0 Å². The maximum Gasteiger partial charge on any atom is 0.472 e. The minimum Gasteiger partial charge on any atom is -0.462 e. The zero-order valence-electron chi connectivity index (χ0n) is 71.9. The molecule has 0 saturated carbocycles. The average Bonchev–Trinajstić information content (AvgIpc) is 0.899. The summed E-state index contributed by atoms with van der Waals surface area (Å²) in [5.74, 6) is -0.415. The topological polar surface area (TPSA) is 237 Å². The highest BCUT2D eigenvalue weighted by atomic mass is 31.2. The number of rotatable bonds is 89. The third-order valence-corrected chi connectivity index (χ3v) is 23.5. The van der Waals surface area contributed by atoms with Crippen LogP contribution in [-0.2, 0) is 65.4 Å². The highest BCUT2D eigenvalue weighted by molar-refractivity contribution is 7.47. The van der Waals surface area contributed by atoms with Crippen LogP contribution in [0, 0.1) is 11.8 Å². The first-order chi connectivity index (χ1) is 52.9. The lowest BCUT2D eigenvalue weighted by molar-refractivity contribution is -0.161. The minimum absolute atomic E-state index is 0.109. The molecule has 0 fully saturated rings. The van der Waals surface area contributed by atoms with Crippen molar-refractivity contribution in [2.45, 2.75) is 503 Å². The number of ether oxygens (including phenoxy) is 4. The van der Waals surface area contributed by atoms with E-state index < -0.39 is 97.5 Å². The predicted molar refractivity (Wildman–Crippen MR) is 451 cm³/mol. The van der Waals surface area contributed by atoms with Crippen molar-refractivity contribution in [2.75, 3.05) is 39.6 Å². The van der Waals surface area contributed by atoms with E-state index in [2.05, 4.69) is 41.5 Å². The van der Waals surface area contributed by atoms with Crippen molar-refractivity contribution in [3.63, 3.8) is 0 Å². The molecule has 0 saturated heterocycles. The molecule has 3 unspecified atom stereocenters. The summed E-state index contributed by atoms with van der Waals surface area (Å²) in [5, 5.41) is 10.7. The van der Waals surface area contributed by atoms with Gasteiger partial charge in [-0.25, -0.2) is 9.13 Å². The predicted octanol–water partition coefficient (Wildman–Crippen LogP) is 27.8. The molecule has 0 radical (unpaired) electrons. The SMILES string of the molecule is CCCCCCCCCCCCCCCCCCCCCC(=O)O[C@H](COC(=O)CCCCCCCCCCC)COP(=O)(O)OC[C@H](O)COP(=O)(O)OC[C@@H](COC(=O)CCCCCCCCCCCCCCCCCCC(C)C)OC(=O)CCCCCCCCCCCCCCCCCCCCC(C)CC. The van der Waals surface area contributed by atoms with Gasteiger partial charge in [-0.3, -0.25) is 37.3 Å². The first-order valence-corrected chi connectivity index (χ1v) is 49.5. The van der Waals surface area contributed by atoms with E-state index in [1.165, 1.54) is 302 Å². The summed E-state index contributed by atoms with van der Waals surface area (Å²) >= 11 is 0. The first-order valence-electron chi connectivity index (χ1n) is 46.5. The lowest BCUT2D eigenvalue weighted by Gasteiger charge is -2.21. The van der Waals surface area contributed by atoms with Crippen molar-refractivity contribution >= 4 is 39.5 Å². The zero-order valence-corrected chi connectivity index (χ0v) is 73.7. The number of esters is 4. The maximum atomic E-state index is 13.2. The second kappa shape index (κ2) is 81.2. The van der Waals surface area contributed by atoms with Crippen molar-refractivity contribution < 1.29 is 80.2 Å². The third kappa shape index (κ3) is 82.4. The molecule has 19 heteroatoms. The number of hydrogen-bond acceptors (Lipinski definition) is 15. The molecule has 17 nitrogen and oxygen atoms in total. The highest BCUT2D eigenvalue weighted by Gasteiger charge is 2.31. The molecule has 6 atom stereocenters. The van der Waals surface area contributed by atoms with E-state index in [0.29, 0.717) is 25.7 Å². The van der Waals surface area contributed by atoms with Gasteiger partial charge in [0.2, 0.25) is 0 Å². The number of aliphatic hydroxyl groups is 1. The fraction of sp³-hybridized carbons (Fsp3) is 0.956. The van der Waals surface area contributed by atoms with Gasteiger partial charge in [-0.05, 0) is 37.5 Å². The van der Waals surface area contributed by atoms with Gasteiger partial charge in [0.25, 0.3) is 0 Å². The Morgan fingerprint density at radius 2 is 0.468 bits per heavy atom. The van der Waals surface area contributed by atoms with Crippen molar-refractivity contribution in [3.8, 4) is 0 Å². The van der Waals surface area contributed by atoms with Crippen LogP contribution >= 0.6 is 15.6 Å². The molecule has 0 aromatic rings. The molecule has 0 aromatic carbocycles. The molecule has 0 aliphatic rings. The van der Waals surface area contributed by atoms with E-state index >= 15 is 0 Å². The number of unbranched alkanes of at least 4 members (excludes halogenated alkanes) is 58. The number of carbonyl (C=O) groups is 4. The molecule has 0 spiro atoms. The van der Waals surface area contributed by atoms with Gasteiger partial charge in [0, 0.05) is 25.7 Å². The van der Waals surface area contributed by atoms with E-state index in [-0.39, 0.29) is 25.7 Å². The quantitative estimate of drug-likeness (QED) is 0.0222. The number of hydrogen-bond donors (Lipinski definition) is 3. The van der Waals surface area contributed by atoms with Gasteiger partial charge >= 0.3 is 39.5 Å². The molecule has 0 bridgehead atoms. The molecule has 0 heterocycles. The molecule has 0 amide bonds. The van der Waals surface area contributed by atoms with E-state index in [1.54, 1.807) is 0 Å². The molecule has 648 valence electrons. The molecular formula is C90H176O17P2. The third-order valence-electron chi connectivity index (χ3n) is 21.6. The normalized spacial score (nSPS) is 14.0. The van der Waals surface area contributed by atoms with Crippen LogP contribution in [0.3, 0.4) is 0 Å². The van der Waals surface area contributed by atoms with Crippen LogP contribution in [0.1, 0.15) is 485 Å². The Labute approximate surface area is 670 Å². The van der Waals surface area contributed by atoms with Crippen LogP contribution in [0.15, 0.2) is 0 Å². The van der Waals surface area contributed by atoms with Crippen LogP contribution < -0.4 is 0 Å². The largest absolute Gasteiger partial charge is 0.472 e. The Morgan fingerprint density at radius 3 is 0.697 bits per heavy atom. The number of carbonyl (C=O) groups excluding carboxylic acids is 4. The standard InChI is InChI=1S/C90H176O17P2/c1-7-10-12-14-16-18-19-20-21-22-23-27-34-39-44-50-56-62-68-74-89(94)106-85(78-100-87(92)72-66-60-54-46-17-15-13-11-8-2)80-104-108(96,97)102-76-84(91)77-103-109(98,99)105-81-86(79-101-88(93)73-67-61-55-49-43-38-33-30-29-31-36-41-47-52-58-64-70-82(4)5)107-90(95)75-69-63-57-51-45-40-35-28-25-24-26-32-37-42-48-53-59-65-71-83(6)9-3/h82-86,91H,7-81H2,1-6H3,(H,96,97)(H,98,99)/t83?,84-,85+,86+/m0/s1. The van der Waals surface area contributed by atoms with Crippen molar-refractivity contribution in [1.82, 2.24) is 0 Å². The smallest absolute Gasteiger partial charge is 0.462 e. The lowest BCUT2D eigenvalue weighted by Crippen LogP contribution is -2.30. The van der Waals surface area contributed by atoms with Crippen LogP contribution in [0.2, 0.25) is 0 Å². The Morgan fingerprint density at radius 1 is 0.266 bits per heavy atom. The summed E-state index contributed by atoms with van der Waals surface area (Å²) in [4.78, 5) is 73.3. The molecule has 109 heavy (non-hydrogen) atoms. The summed E-state index contributed by atoms with van der Waals surface area (Å²) < 4.78 is 69.0. The summed E-state index contributed by atoms with van der Waals surface area (Å²) in [6, 6.07) is 0. The zero-order chi connectivity index (χ0) is 79.9. The number of aliphatic hydroxyl groups excluding tert-OH is 1. The van der Waals surface area contributed by atoms with Gasteiger partial charge in [-0.15, -0.1) is 0 Å². The van der Waals surface area contributed by atoms with Gasteiger partial charge in [0.05, 0.1) is 26.4 Å². The second-order valence-electron chi connectivity index (χ2n) is 33.1. The Kier molecular flexibility index (Phi) is 79.8. The fourth-order valence-corrected chi connectivity index (χ4v) is 15.7. The average molecular weight is 1590 g/mol. The molecule has 3 N–H and O–H groups in total. The molecule has 0 aliphatic carbocycles. The minimum atomic E-state index is -4.97. The number of phosphoric ester groups is 2. The van der Waals surface area contributed by atoms with Gasteiger partial charge < -0.3 is 33.8 Å². The van der Waals surface area contributed by atoms with Crippen LogP contribution in [-0.4, -0.2) is 96.7 Å². The molecule has 0 rings (SSSR count). The maximum absolute atomic E-state index is 13.2. The van der Waals surface area contributed by atoms with Crippen molar-refractivity contribution in [3.05, 3.63) is 0 Å². The summed E-state index contributed by atoms with van der Waals surface area (Å²) in [5.41, 5.74) is 0. The van der Waals surface area contributed by atoms with Crippen LogP contribution in [0.5, 0.6) is 0 Å². The Balaban J connectivity index is 5.20. The first kappa shape index (κ1) is 107. The summed E-state index contributed by atoms with van der Waals surface area (Å²) in [7, 11) is -9.93. The van der Waals surface area contributed by atoms with Crippen molar-refractivity contribution in [2.24, 2.45) is 11.8 Å². The van der Waals surface area contributed by atoms with Gasteiger partial charge in [0.1, 0.15) is 19.3 Å². The van der Waals surface area contributed by atoms with Gasteiger partial charge in [-0.2, -0.15) is 0 Å². The number of phosphoric acid groups is 2. The second-order valence-corrected chi connectivity index (χ2v) is 36.0. The highest BCUT2D eigenvalue weighted by Crippen LogP contribution is 2.45. The monoisotopic (exact) mass is 1590 g/mol. The van der Waals surface area contributed by atoms with E-state index in [1.807, 2.05) is 0 Å². The van der Waals surface area contributed by atoms with Gasteiger partial charge in [-0.1, -0.05) is 433 Å². The van der Waals surface area contributed by atoms with Gasteiger partial charge in [0.15, 0.2) is 12.2 Å². The van der Waals surface area contributed by atoms with Crippen LogP contribution in [0.4, 0.5) is 0 Å². The summed E-state index contributed by atoms with van der Waals surface area (Å²) in [6.45, 7) is 9.78. The summed E-state index contributed by atoms with van der Waals surface area (Å²) in [6.07, 6.45) is 75.1. The Bertz CT molecular complexity index is 2080. The fourth-order valence-electron chi connectivity index (χ4n) is 14.1. The Hall–Kier alpha value is -1.94. The van der Waals surface area contributed by atoms with E-state index in [0.717, 1.165) is 102 Å². The molecule has 0 aromatic heterocycles.